The first-order valence-electron chi connectivity index (χ1n) is 6.91. The van der Waals surface area contributed by atoms with Crippen LogP contribution >= 0.6 is 11.7 Å². The van der Waals surface area contributed by atoms with E-state index in [0.29, 0.717) is 28.6 Å². The molecule has 7 nitrogen and oxygen atoms in total. The van der Waals surface area contributed by atoms with Crippen molar-refractivity contribution in [3.8, 4) is 0 Å². The molecule has 0 aliphatic rings. The third-order valence-electron chi connectivity index (χ3n) is 3.18. The highest BCUT2D eigenvalue weighted by Crippen LogP contribution is 2.20. The number of carbonyl (C=O) groups is 3. The van der Waals surface area contributed by atoms with Crippen molar-refractivity contribution in [2.45, 2.75) is 0 Å². The molecule has 0 bridgehead atoms. The molecule has 2 aromatic carbocycles. The van der Waals surface area contributed by atoms with Gasteiger partial charge >= 0.3 is 5.97 Å². The number of aldehydes is 1. The van der Waals surface area contributed by atoms with Gasteiger partial charge in [0.15, 0.2) is 6.61 Å². The number of carbonyl (C=O) groups excluding carboxylic acids is 3. The highest BCUT2D eigenvalue weighted by molar-refractivity contribution is 7.00. The summed E-state index contributed by atoms with van der Waals surface area (Å²) in [7, 11) is 0. The van der Waals surface area contributed by atoms with E-state index in [1.807, 2.05) is 0 Å². The number of hydrogen-bond acceptors (Lipinski definition) is 7. The van der Waals surface area contributed by atoms with Gasteiger partial charge in [0.25, 0.3) is 5.91 Å². The fourth-order valence-electron chi connectivity index (χ4n) is 2.01. The van der Waals surface area contributed by atoms with E-state index in [0.717, 1.165) is 11.7 Å². The Morgan fingerprint density at radius 1 is 1.12 bits per heavy atom. The van der Waals surface area contributed by atoms with Crippen LogP contribution in [0.5, 0.6) is 0 Å². The van der Waals surface area contributed by atoms with E-state index in [9.17, 15) is 14.4 Å². The molecular weight excluding hydrogens is 330 g/mol. The summed E-state index contributed by atoms with van der Waals surface area (Å²) in [6.07, 6.45) is 0.677. The Morgan fingerprint density at radius 3 is 2.67 bits per heavy atom. The predicted octanol–water partition coefficient (Wildman–Crippen LogP) is 2.30. The molecule has 0 aliphatic heterocycles. The van der Waals surface area contributed by atoms with E-state index in [4.69, 9.17) is 4.74 Å². The van der Waals surface area contributed by atoms with E-state index in [1.165, 1.54) is 24.3 Å². The van der Waals surface area contributed by atoms with Crippen molar-refractivity contribution in [3.63, 3.8) is 0 Å². The van der Waals surface area contributed by atoms with Gasteiger partial charge in [-0.05, 0) is 24.3 Å². The lowest BCUT2D eigenvalue weighted by Gasteiger charge is -2.07. The molecule has 3 aromatic rings. The Morgan fingerprint density at radius 2 is 1.92 bits per heavy atom. The van der Waals surface area contributed by atoms with Gasteiger partial charge in [0.2, 0.25) is 0 Å². The summed E-state index contributed by atoms with van der Waals surface area (Å²) < 4.78 is 13.2. The van der Waals surface area contributed by atoms with Crippen molar-refractivity contribution >= 4 is 46.6 Å². The maximum absolute atomic E-state index is 11.9. The Labute approximate surface area is 140 Å². The first kappa shape index (κ1) is 15.8. The molecule has 120 valence electrons. The maximum atomic E-state index is 11.9. The van der Waals surface area contributed by atoms with Gasteiger partial charge in [-0.3, -0.25) is 9.59 Å². The quantitative estimate of drug-likeness (QED) is 0.565. The lowest BCUT2D eigenvalue weighted by molar-refractivity contribution is -0.119. The molecule has 24 heavy (non-hydrogen) atoms. The zero-order valence-electron chi connectivity index (χ0n) is 12.3. The zero-order valence-corrected chi connectivity index (χ0v) is 13.1. The average molecular weight is 341 g/mol. The van der Waals surface area contributed by atoms with Gasteiger partial charge in [-0.15, -0.1) is 0 Å². The minimum Gasteiger partial charge on any atom is -0.452 e. The van der Waals surface area contributed by atoms with Crippen molar-refractivity contribution < 1.29 is 19.1 Å². The zero-order chi connectivity index (χ0) is 16.9. The van der Waals surface area contributed by atoms with Crippen LogP contribution in [-0.2, 0) is 9.53 Å². The van der Waals surface area contributed by atoms with Crippen LogP contribution in [0.1, 0.15) is 20.7 Å². The monoisotopic (exact) mass is 341 g/mol. The summed E-state index contributed by atoms with van der Waals surface area (Å²) in [5.41, 5.74) is 2.50. The largest absolute Gasteiger partial charge is 0.452 e. The van der Waals surface area contributed by atoms with E-state index >= 15 is 0 Å². The van der Waals surface area contributed by atoms with Crippen molar-refractivity contribution in [3.05, 3.63) is 53.6 Å². The Bertz CT molecular complexity index is 905. The van der Waals surface area contributed by atoms with Crippen molar-refractivity contribution in [1.82, 2.24) is 8.75 Å². The third kappa shape index (κ3) is 3.44. The molecule has 0 aliphatic carbocycles. The van der Waals surface area contributed by atoms with E-state index in [1.54, 1.807) is 18.2 Å². The lowest BCUT2D eigenvalue weighted by atomic mass is 10.1. The summed E-state index contributed by atoms with van der Waals surface area (Å²) in [6, 6.07) is 11.2. The van der Waals surface area contributed by atoms with Crippen LogP contribution in [0, 0.1) is 0 Å². The van der Waals surface area contributed by atoms with Gasteiger partial charge in [-0.1, -0.05) is 18.2 Å². The molecule has 1 aromatic heterocycles. The Balaban J connectivity index is 1.59. The first-order chi connectivity index (χ1) is 11.7. The van der Waals surface area contributed by atoms with Crippen molar-refractivity contribution in [1.29, 1.82) is 0 Å². The van der Waals surface area contributed by atoms with Crippen LogP contribution in [0.4, 0.5) is 5.69 Å². The highest BCUT2D eigenvalue weighted by atomic mass is 32.1. The van der Waals surface area contributed by atoms with Gasteiger partial charge in [0.05, 0.1) is 23.0 Å². The molecule has 0 saturated carbocycles. The summed E-state index contributed by atoms with van der Waals surface area (Å²) in [5.74, 6) is -1.12. The average Bonchev–Trinajstić information content (AvgIpc) is 3.09. The minimum absolute atomic E-state index is 0.263. The molecule has 0 radical (unpaired) electrons. The van der Waals surface area contributed by atoms with Crippen LogP contribution in [-0.4, -0.2) is 33.5 Å². The second-order valence-electron chi connectivity index (χ2n) is 4.80. The molecule has 0 spiro atoms. The highest BCUT2D eigenvalue weighted by Gasteiger charge is 2.12. The second-order valence-corrected chi connectivity index (χ2v) is 5.33. The SMILES string of the molecule is O=Cc1ccc(C(=O)OCC(=O)Nc2cccc3nsnc23)cc1. The van der Waals surface area contributed by atoms with Crippen LogP contribution in [0.3, 0.4) is 0 Å². The Hall–Kier alpha value is -3.13. The van der Waals surface area contributed by atoms with Gasteiger partial charge in [0, 0.05) is 5.56 Å². The molecular formula is C16H11N3O4S. The first-order valence-corrected chi connectivity index (χ1v) is 7.64. The standard InChI is InChI=1S/C16H11N3O4S/c20-8-10-4-6-11(7-5-10)16(22)23-9-14(21)17-12-2-1-3-13-15(12)19-24-18-13/h1-8H,9H2,(H,17,21). The van der Waals surface area contributed by atoms with E-state index in [-0.39, 0.29) is 5.56 Å². The molecule has 8 heteroatoms. The van der Waals surface area contributed by atoms with Crippen LogP contribution in [0.2, 0.25) is 0 Å². The molecule has 3 rings (SSSR count). The number of anilines is 1. The summed E-state index contributed by atoms with van der Waals surface area (Å²) in [6.45, 7) is -0.428. The number of fused-ring (bicyclic) bond motifs is 1. The van der Waals surface area contributed by atoms with E-state index < -0.39 is 18.5 Å². The minimum atomic E-state index is -0.642. The van der Waals surface area contributed by atoms with Gasteiger partial charge in [-0.25, -0.2) is 4.79 Å². The summed E-state index contributed by atoms with van der Waals surface area (Å²) in [4.78, 5) is 34.4. The summed E-state index contributed by atoms with van der Waals surface area (Å²) in [5, 5.41) is 2.64. The smallest absolute Gasteiger partial charge is 0.338 e. The fourth-order valence-corrected chi connectivity index (χ4v) is 2.56. The molecule has 1 heterocycles. The topological polar surface area (TPSA) is 98.2 Å². The number of nitrogens with one attached hydrogen (secondary N) is 1. The number of aromatic nitrogens is 2. The number of amides is 1. The predicted molar refractivity (Wildman–Crippen MR) is 88.2 cm³/mol. The lowest BCUT2D eigenvalue weighted by Crippen LogP contribution is -2.21. The van der Waals surface area contributed by atoms with Crippen LogP contribution in [0.15, 0.2) is 42.5 Å². The molecule has 0 atom stereocenters. The molecule has 1 amide bonds. The van der Waals surface area contributed by atoms with Crippen LogP contribution < -0.4 is 5.32 Å². The Kier molecular flexibility index (Phi) is 4.57. The van der Waals surface area contributed by atoms with Crippen LogP contribution in [0.25, 0.3) is 11.0 Å². The van der Waals surface area contributed by atoms with Gasteiger partial charge in [0.1, 0.15) is 17.3 Å². The second kappa shape index (κ2) is 6.97. The number of hydrogen-bond donors (Lipinski definition) is 1. The van der Waals surface area contributed by atoms with Crippen molar-refractivity contribution in [2.75, 3.05) is 11.9 Å². The number of rotatable bonds is 5. The summed E-state index contributed by atoms with van der Waals surface area (Å²) >= 11 is 1.05. The normalized spacial score (nSPS) is 10.3. The molecule has 0 unspecified atom stereocenters. The number of ether oxygens (including phenoxy) is 1. The molecule has 0 saturated heterocycles. The fraction of sp³-hybridized carbons (Fsp3) is 0.0625. The number of nitrogens with zero attached hydrogens (tertiary/aromatic N) is 2. The molecule has 1 N–H and O–H groups in total. The third-order valence-corrected chi connectivity index (χ3v) is 3.72. The molecule has 0 fully saturated rings. The number of benzene rings is 2. The van der Waals surface area contributed by atoms with Gasteiger partial charge < -0.3 is 10.1 Å². The maximum Gasteiger partial charge on any atom is 0.338 e. The number of esters is 1. The van der Waals surface area contributed by atoms with Crippen molar-refractivity contribution in [2.24, 2.45) is 0 Å². The van der Waals surface area contributed by atoms with Gasteiger partial charge in [-0.2, -0.15) is 8.75 Å². The van der Waals surface area contributed by atoms with E-state index in [2.05, 4.69) is 14.1 Å².